The summed E-state index contributed by atoms with van der Waals surface area (Å²) >= 11 is 0. The largest absolute Gasteiger partial charge is 0.330 e. The number of carbonyl (C=O) groups is 2. The molecule has 0 atom stereocenters. The van der Waals surface area contributed by atoms with Crippen LogP contribution in [0, 0.1) is 6.92 Å². The van der Waals surface area contributed by atoms with Crippen molar-refractivity contribution in [2.24, 2.45) is 5.73 Å². The maximum atomic E-state index is 11.5. The third-order valence-corrected chi connectivity index (χ3v) is 2.64. The third kappa shape index (κ3) is 5.09. The number of benzene rings is 1. The number of nitrogens with two attached hydrogens (primary N) is 1. The minimum atomic E-state index is -0.123. The Bertz CT molecular complexity index is 458. The summed E-state index contributed by atoms with van der Waals surface area (Å²) < 4.78 is 0. The summed E-state index contributed by atoms with van der Waals surface area (Å²) in [6.07, 6.45) is 1.58. The van der Waals surface area contributed by atoms with Crippen LogP contribution in [0.3, 0.4) is 0 Å². The van der Waals surface area contributed by atoms with Gasteiger partial charge in [0.2, 0.25) is 11.8 Å². The Morgan fingerprint density at radius 2 is 1.84 bits per heavy atom. The predicted octanol–water partition coefficient (Wildman–Crippen LogP) is 2.02. The van der Waals surface area contributed by atoms with E-state index in [9.17, 15) is 9.59 Å². The molecule has 0 aromatic heterocycles. The molecule has 0 aliphatic carbocycles. The van der Waals surface area contributed by atoms with Gasteiger partial charge in [0.15, 0.2) is 0 Å². The molecule has 1 rings (SSSR count). The highest BCUT2D eigenvalue weighted by atomic mass is 16.2. The average molecular weight is 263 g/mol. The maximum Gasteiger partial charge on any atom is 0.225 e. The van der Waals surface area contributed by atoms with Gasteiger partial charge in [0.05, 0.1) is 0 Å². The molecule has 2 amide bonds. The summed E-state index contributed by atoms with van der Waals surface area (Å²) in [6.45, 7) is 4.17. The van der Waals surface area contributed by atoms with Crippen LogP contribution in [-0.2, 0) is 9.59 Å². The van der Waals surface area contributed by atoms with E-state index in [1.54, 1.807) is 6.07 Å². The number of aryl methyl sites for hydroxylation is 1. The van der Waals surface area contributed by atoms with Crippen molar-refractivity contribution in [3.63, 3.8) is 0 Å². The second-order valence-corrected chi connectivity index (χ2v) is 4.41. The lowest BCUT2D eigenvalue weighted by Crippen LogP contribution is -2.17. The van der Waals surface area contributed by atoms with Crippen LogP contribution in [0.25, 0.3) is 0 Å². The molecule has 1 aromatic rings. The van der Waals surface area contributed by atoms with Crippen molar-refractivity contribution in [3.8, 4) is 0 Å². The Hall–Kier alpha value is -1.88. The van der Waals surface area contributed by atoms with Crippen molar-refractivity contribution < 1.29 is 9.59 Å². The van der Waals surface area contributed by atoms with Gasteiger partial charge in [-0.05, 0) is 31.0 Å². The highest BCUT2D eigenvalue weighted by Crippen LogP contribution is 2.20. The summed E-state index contributed by atoms with van der Waals surface area (Å²) in [5.74, 6) is -0.145. The van der Waals surface area contributed by atoms with Crippen molar-refractivity contribution >= 4 is 23.2 Å². The predicted molar refractivity (Wildman–Crippen MR) is 77.0 cm³/mol. The van der Waals surface area contributed by atoms with Crippen LogP contribution < -0.4 is 16.4 Å². The summed E-state index contributed by atoms with van der Waals surface area (Å²) in [5, 5.41) is 5.59. The maximum absolute atomic E-state index is 11.5. The van der Waals surface area contributed by atoms with E-state index >= 15 is 0 Å². The van der Waals surface area contributed by atoms with Gasteiger partial charge in [-0.1, -0.05) is 13.0 Å². The molecule has 19 heavy (non-hydrogen) atoms. The van der Waals surface area contributed by atoms with Gasteiger partial charge in [0.1, 0.15) is 0 Å². The molecular weight excluding hydrogens is 242 g/mol. The van der Waals surface area contributed by atoms with Crippen LogP contribution in [-0.4, -0.2) is 18.4 Å². The van der Waals surface area contributed by atoms with E-state index in [0.29, 0.717) is 24.3 Å². The second kappa shape index (κ2) is 7.53. The van der Waals surface area contributed by atoms with E-state index in [4.69, 9.17) is 5.73 Å². The van der Waals surface area contributed by atoms with E-state index in [0.717, 1.165) is 12.0 Å². The van der Waals surface area contributed by atoms with Crippen molar-refractivity contribution in [1.29, 1.82) is 0 Å². The number of hydrogen-bond donors (Lipinski definition) is 3. The van der Waals surface area contributed by atoms with Gasteiger partial charge in [-0.3, -0.25) is 9.59 Å². The number of anilines is 2. The first-order valence-electron chi connectivity index (χ1n) is 6.47. The highest BCUT2D eigenvalue weighted by Gasteiger charge is 2.06. The molecule has 1 aromatic carbocycles. The molecule has 0 spiro atoms. The van der Waals surface area contributed by atoms with Crippen molar-refractivity contribution in [3.05, 3.63) is 23.8 Å². The fourth-order valence-electron chi connectivity index (χ4n) is 1.63. The Balaban J connectivity index is 2.76. The topological polar surface area (TPSA) is 84.2 Å². The fraction of sp³-hybridized carbons (Fsp3) is 0.429. The molecule has 0 fully saturated rings. The molecule has 0 radical (unpaired) electrons. The van der Waals surface area contributed by atoms with Gasteiger partial charge in [-0.15, -0.1) is 0 Å². The van der Waals surface area contributed by atoms with E-state index in [1.807, 2.05) is 26.0 Å². The number of rotatable bonds is 6. The molecule has 4 N–H and O–H groups in total. The Labute approximate surface area is 113 Å². The molecular formula is C14H21N3O2. The van der Waals surface area contributed by atoms with Gasteiger partial charge >= 0.3 is 0 Å². The second-order valence-electron chi connectivity index (χ2n) is 4.41. The lowest BCUT2D eigenvalue weighted by Gasteiger charge is -2.11. The van der Waals surface area contributed by atoms with Crippen LogP contribution in [0.5, 0.6) is 0 Å². The normalized spacial score (nSPS) is 10.1. The van der Waals surface area contributed by atoms with E-state index < -0.39 is 0 Å². The molecule has 0 aliphatic heterocycles. The molecule has 0 saturated heterocycles. The average Bonchev–Trinajstić information content (AvgIpc) is 2.34. The van der Waals surface area contributed by atoms with Gasteiger partial charge in [-0.25, -0.2) is 0 Å². The Morgan fingerprint density at radius 1 is 1.16 bits per heavy atom. The minimum Gasteiger partial charge on any atom is -0.330 e. The minimum absolute atomic E-state index is 0.0226. The van der Waals surface area contributed by atoms with Crippen LogP contribution in [0.15, 0.2) is 18.2 Å². The zero-order valence-corrected chi connectivity index (χ0v) is 11.5. The molecule has 0 saturated carbocycles. The van der Waals surface area contributed by atoms with Gasteiger partial charge < -0.3 is 16.4 Å². The van der Waals surface area contributed by atoms with E-state index in [2.05, 4.69) is 10.6 Å². The van der Waals surface area contributed by atoms with Crippen LogP contribution in [0.1, 0.15) is 31.7 Å². The van der Waals surface area contributed by atoms with Gasteiger partial charge in [0, 0.05) is 30.8 Å². The van der Waals surface area contributed by atoms with Gasteiger partial charge in [-0.2, -0.15) is 0 Å². The lowest BCUT2D eigenvalue weighted by atomic mass is 10.1. The summed E-state index contributed by atoms with van der Waals surface area (Å²) in [4.78, 5) is 23.0. The Morgan fingerprint density at radius 3 is 2.47 bits per heavy atom. The standard InChI is InChI=1S/C14H21N3O2/c1-3-4-13(18)16-11-6-5-10(2)12(9-11)17-14(19)7-8-15/h5-6,9H,3-4,7-8,15H2,1-2H3,(H,16,18)(H,17,19). The summed E-state index contributed by atoms with van der Waals surface area (Å²) in [5.41, 5.74) is 7.66. The zero-order valence-electron chi connectivity index (χ0n) is 11.5. The molecule has 0 unspecified atom stereocenters. The molecule has 104 valence electrons. The zero-order chi connectivity index (χ0) is 14.3. The van der Waals surface area contributed by atoms with E-state index in [-0.39, 0.29) is 18.2 Å². The quantitative estimate of drug-likeness (QED) is 0.734. The van der Waals surface area contributed by atoms with Crippen molar-refractivity contribution in [2.45, 2.75) is 33.1 Å². The van der Waals surface area contributed by atoms with Crippen LogP contribution in [0.2, 0.25) is 0 Å². The van der Waals surface area contributed by atoms with Crippen LogP contribution >= 0.6 is 0 Å². The Kier molecular flexibility index (Phi) is 6.02. The molecule has 0 aliphatic rings. The van der Waals surface area contributed by atoms with Crippen LogP contribution in [0.4, 0.5) is 11.4 Å². The smallest absolute Gasteiger partial charge is 0.225 e. The summed E-state index contributed by atoms with van der Waals surface area (Å²) in [6, 6.07) is 5.44. The first-order valence-corrected chi connectivity index (χ1v) is 6.47. The van der Waals surface area contributed by atoms with Gasteiger partial charge in [0.25, 0.3) is 0 Å². The lowest BCUT2D eigenvalue weighted by molar-refractivity contribution is -0.116. The van der Waals surface area contributed by atoms with Crippen molar-refractivity contribution in [2.75, 3.05) is 17.2 Å². The number of nitrogens with one attached hydrogen (secondary N) is 2. The van der Waals surface area contributed by atoms with Crippen molar-refractivity contribution in [1.82, 2.24) is 0 Å². The molecule has 5 heteroatoms. The monoisotopic (exact) mass is 263 g/mol. The molecule has 5 nitrogen and oxygen atoms in total. The summed E-state index contributed by atoms with van der Waals surface area (Å²) in [7, 11) is 0. The SMILES string of the molecule is CCCC(=O)Nc1ccc(C)c(NC(=O)CCN)c1. The number of amides is 2. The number of hydrogen-bond acceptors (Lipinski definition) is 3. The molecule has 0 heterocycles. The fourth-order valence-corrected chi connectivity index (χ4v) is 1.63. The third-order valence-electron chi connectivity index (χ3n) is 2.64. The van der Waals surface area contributed by atoms with E-state index in [1.165, 1.54) is 0 Å². The number of carbonyl (C=O) groups excluding carboxylic acids is 2. The highest BCUT2D eigenvalue weighted by molar-refractivity contribution is 5.94. The first-order chi connectivity index (χ1) is 9.06. The molecule has 0 bridgehead atoms. The first kappa shape index (κ1) is 15.2.